The lowest BCUT2D eigenvalue weighted by Crippen LogP contribution is -2.45. The monoisotopic (exact) mass is 792 g/mol. The van der Waals surface area contributed by atoms with Gasteiger partial charge in [-0.3, -0.25) is 9.59 Å². The van der Waals surface area contributed by atoms with Crippen molar-refractivity contribution in [1.29, 1.82) is 0 Å². The summed E-state index contributed by atoms with van der Waals surface area (Å²) in [6.45, 7) is 4.84. The molecule has 0 aliphatic heterocycles. The Morgan fingerprint density at radius 2 is 0.821 bits per heavy atom. The molecule has 0 radical (unpaired) electrons. The van der Waals surface area contributed by atoms with E-state index in [2.05, 4.69) is 19.2 Å². The largest absolute Gasteiger partial charge is 0.466 e. The fourth-order valence-corrected chi connectivity index (χ4v) is 7.69. The normalized spacial score (nSPS) is 12.7. The van der Waals surface area contributed by atoms with E-state index < -0.39 is 12.1 Å². The number of hydrogen-bond donors (Lipinski definition) is 3. The number of aliphatic hydroxyl groups excluding tert-OH is 2. The summed E-state index contributed by atoms with van der Waals surface area (Å²) in [5.41, 5.74) is 0. The van der Waals surface area contributed by atoms with Gasteiger partial charge in [0.1, 0.15) is 0 Å². The number of hydrogen-bond acceptors (Lipinski definition) is 5. The fourth-order valence-electron chi connectivity index (χ4n) is 7.69. The quantitative estimate of drug-likeness (QED) is 0.0324. The van der Waals surface area contributed by atoms with E-state index in [-0.39, 0.29) is 18.5 Å². The highest BCUT2D eigenvalue weighted by Crippen LogP contribution is 2.16. The van der Waals surface area contributed by atoms with Crippen LogP contribution in [0.1, 0.15) is 271 Å². The van der Waals surface area contributed by atoms with Crippen LogP contribution in [-0.4, -0.2) is 47.4 Å². The van der Waals surface area contributed by atoms with Crippen molar-refractivity contribution in [2.75, 3.05) is 13.2 Å². The molecule has 0 fully saturated rings. The second-order valence-electron chi connectivity index (χ2n) is 17.2. The molecule has 6 nitrogen and oxygen atoms in total. The molecule has 0 aromatic rings. The molecular formula is C50H97NO5. The van der Waals surface area contributed by atoms with Crippen LogP contribution in [0, 0.1) is 0 Å². The third kappa shape index (κ3) is 42.2. The zero-order chi connectivity index (χ0) is 40.8. The van der Waals surface area contributed by atoms with Crippen LogP contribution < -0.4 is 5.32 Å². The van der Waals surface area contributed by atoms with Crippen LogP contribution in [-0.2, 0) is 14.3 Å². The molecule has 6 heteroatoms. The smallest absolute Gasteiger partial charge is 0.305 e. The summed E-state index contributed by atoms with van der Waals surface area (Å²) in [5, 5.41) is 23.0. The molecule has 332 valence electrons. The molecule has 0 heterocycles. The SMILES string of the molecule is CCCCCCCCCCCCCCCCC/C=C/C(O)C(CO)NC(=O)CCCCCCCCCCCOC(=O)CCCCCCCCCCCCCCC. The number of esters is 1. The minimum atomic E-state index is -0.860. The van der Waals surface area contributed by atoms with Crippen LogP contribution in [0.3, 0.4) is 0 Å². The Hall–Kier alpha value is -1.40. The topological polar surface area (TPSA) is 95.9 Å². The van der Waals surface area contributed by atoms with Gasteiger partial charge in [-0.1, -0.05) is 238 Å². The molecule has 0 saturated carbocycles. The van der Waals surface area contributed by atoms with Crippen LogP contribution in [0.2, 0.25) is 0 Å². The fraction of sp³-hybridized carbons (Fsp3) is 0.920. The molecule has 2 unspecified atom stereocenters. The van der Waals surface area contributed by atoms with Gasteiger partial charge in [-0.2, -0.15) is 0 Å². The third-order valence-corrected chi connectivity index (χ3v) is 11.6. The van der Waals surface area contributed by atoms with Crippen LogP contribution in [0.15, 0.2) is 12.2 Å². The maximum atomic E-state index is 12.4. The highest BCUT2D eigenvalue weighted by Gasteiger charge is 2.18. The summed E-state index contributed by atoms with van der Waals surface area (Å²) in [5.74, 6) is -0.119. The number of allylic oxidation sites excluding steroid dienone is 1. The molecule has 0 aliphatic rings. The van der Waals surface area contributed by atoms with E-state index >= 15 is 0 Å². The minimum Gasteiger partial charge on any atom is -0.466 e. The summed E-state index contributed by atoms with van der Waals surface area (Å²) in [7, 11) is 0. The van der Waals surface area contributed by atoms with E-state index in [0.29, 0.717) is 19.4 Å². The van der Waals surface area contributed by atoms with E-state index in [9.17, 15) is 19.8 Å². The second kappa shape index (κ2) is 46.3. The van der Waals surface area contributed by atoms with Crippen LogP contribution in [0.5, 0.6) is 0 Å². The van der Waals surface area contributed by atoms with Gasteiger partial charge in [-0.15, -0.1) is 0 Å². The van der Waals surface area contributed by atoms with Crippen molar-refractivity contribution in [2.45, 2.75) is 283 Å². The molecule has 0 spiro atoms. The molecule has 0 bridgehead atoms. The Morgan fingerprint density at radius 1 is 0.482 bits per heavy atom. The lowest BCUT2D eigenvalue weighted by Gasteiger charge is -2.20. The minimum absolute atomic E-state index is 0.0256. The number of rotatable bonds is 46. The average molecular weight is 792 g/mol. The van der Waals surface area contributed by atoms with Crippen molar-refractivity contribution >= 4 is 11.9 Å². The van der Waals surface area contributed by atoms with Gasteiger partial charge in [0.05, 0.1) is 25.4 Å². The molecule has 0 saturated heterocycles. The average Bonchev–Trinajstić information content (AvgIpc) is 3.20. The Kier molecular flexibility index (Phi) is 45.1. The van der Waals surface area contributed by atoms with Crippen molar-refractivity contribution in [3.05, 3.63) is 12.2 Å². The summed E-state index contributed by atoms with van der Waals surface area (Å²) >= 11 is 0. The molecule has 0 aromatic carbocycles. The van der Waals surface area contributed by atoms with Crippen LogP contribution in [0.25, 0.3) is 0 Å². The highest BCUT2D eigenvalue weighted by molar-refractivity contribution is 5.76. The predicted molar refractivity (Wildman–Crippen MR) is 241 cm³/mol. The first-order valence-corrected chi connectivity index (χ1v) is 25.0. The summed E-state index contributed by atoms with van der Waals surface area (Å²) in [6.07, 6.45) is 52.0. The Labute approximate surface area is 349 Å². The maximum absolute atomic E-state index is 12.4. The van der Waals surface area contributed by atoms with Crippen LogP contribution in [0.4, 0.5) is 0 Å². The van der Waals surface area contributed by atoms with Crippen molar-refractivity contribution in [1.82, 2.24) is 5.32 Å². The molecule has 56 heavy (non-hydrogen) atoms. The Balaban J connectivity index is 3.53. The van der Waals surface area contributed by atoms with Gasteiger partial charge >= 0.3 is 5.97 Å². The molecular weight excluding hydrogens is 695 g/mol. The summed E-state index contributed by atoms with van der Waals surface area (Å²) in [6, 6.07) is -0.646. The Bertz CT molecular complexity index is 832. The number of aliphatic hydroxyl groups is 2. The van der Waals surface area contributed by atoms with E-state index in [0.717, 1.165) is 57.8 Å². The van der Waals surface area contributed by atoms with Gasteiger partial charge in [0.15, 0.2) is 0 Å². The van der Waals surface area contributed by atoms with E-state index in [1.165, 1.54) is 186 Å². The third-order valence-electron chi connectivity index (χ3n) is 11.6. The molecule has 2 atom stereocenters. The molecule has 0 aliphatic carbocycles. The lowest BCUT2D eigenvalue weighted by atomic mass is 10.0. The number of unbranched alkanes of at least 4 members (excludes halogenated alkanes) is 35. The zero-order valence-corrected chi connectivity index (χ0v) is 37.6. The number of ether oxygens (including phenoxy) is 1. The number of carbonyl (C=O) groups is 2. The molecule has 0 rings (SSSR count). The van der Waals surface area contributed by atoms with Gasteiger partial charge in [0, 0.05) is 12.8 Å². The Morgan fingerprint density at radius 3 is 1.21 bits per heavy atom. The van der Waals surface area contributed by atoms with Gasteiger partial charge in [-0.25, -0.2) is 0 Å². The van der Waals surface area contributed by atoms with Crippen molar-refractivity contribution in [3.8, 4) is 0 Å². The first-order valence-electron chi connectivity index (χ1n) is 25.0. The summed E-state index contributed by atoms with van der Waals surface area (Å²) in [4.78, 5) is 24.4. The van der Waals surface area contributed by atoms with E-state index in [1.807, 2.05) is 6.08 Å². The van der Waals surface area contributed by atoms with E-state index in [1.54, 1.807) is 6.08 Å². The number of nitrogens with one attached hydrogen (secondary N) is 1. The number of carbonyl (C=O) groups excluding carboxylic acids is 2. The van der Waals surface area contributed by atoms with Gasteiger partial charge in [0.25, 0.3) is 0 Å². The van der Waals surface area contributed by atoms with Crippen molar-refractivity contribution in [2.24, 2.45) is 0 Å². The van der Waals surface area contributed by atoms with Gasteiger partial charge < -0.3 is 20.3 Å². The zero-order valence-electron chi connectivity index (χ0n) is 37.6. The first-order chi connectivity index (χ1) is 27.5. The van der Waals surface area contributed by atoms with Gasteiger partial charge in [-0.05, 0) is 32.1 Å². The lowest BCUT2D eigenvalue weighted by molar-refractivity contribution is -0.143. The van der Waals surface area contributed by atoms with Crippen LogP contribution >= 0.6 is 0 Å². The predicted octanol–water partition coefficient (Wildman–Crippen LogP) is 14.6. The van der Waals surface area contributed by atoms with Crippen molar-refractivity contribution in [3.63, 3.8) is 0 Å². The standard InChI is InChI=1S/C50H97NO5/c1-3-5-7-9-11-13-15-17-18-19-20-22-23-26-30-34-38-42-48(53)47(46-52)51-49(54)43-39-35-31-27-25-29-33-37-41-45-56-50(55)44-40-36-32-28-24-21-16-14-12-10-8-6-4-2/h38,42,47-48,52-53H,3-37,39-41,43-46H2,1-2H3,(H,51,54)/b42-38+. The summed E-state index contributed by atoms with van der Waals surface area (Å²) < 4.78 is 5.44. The van der Waals surface area contributed by atoms with Crippen molar-refractivity contribution < 1.29 is 24.5 Å². The molecule has 3 N–H and O–H groups in total. The highest BCUT2D eigenvalue weighted by atomic mass is 16.5. The van der Waals surface area contributed by atoms with E-state index in [4.69, 9.17) is 4.74 Å². The number of amides is 1. The molecule has 0 aromatic heterocycles. The second-order valence-corrected chi connectivity index (χ2v) is 17.2. The maximum Gasteiger partial charge on any atom is 0.305 e. The molecule has 1 amide bonds. The first kappa shape index (κ1) is 54.6. The van der Waals surface area contributed by atoms with Gasteiger partial charge in [0.2, 0.25) is 5.91 Å².